The van der Waals surface area contributed by atoms with Gasteiger partial charge in [0.05, 0.1) is 24.9 Å². The van der Waals surface area contributed by atoms with Gasteiger partial charge in [0, 0.05) is 24.1 Å². The Morgan fingerprint density at radius 3 is 3.32 bits per heavy atom. The Balaban J connectivity index is 1.57. The Morgan fingerprint density at radius 2 is 2.55 bits per heavy atom. The molecule has 0 spiro atoms. The molecule has 7 nitrogen and oxygen atoms in total. The second-order valence-corrected chi connectivity index (χ2v) is 5.73. The van der Waals surface area contributed by atoms with E-state index < -0.39 is 0 Å². The van der Waals surface area contributed by atoms with Gasteiger partial charge in [-0.1, -0.05) is 5.21 Å². The molecule has 2 aromatic heterocycles. The van der Waals surface area contributed by atoms with Crippen LogP contribution in [0.1, 0.15) is 12.6 Å². The molecule has 3 rings (SSSR count). The number of hydrogen-bond acceptors (Lipinski definition) is 6. The highest BCUT2D eigenvalue weighted by Gasteiger charge is 2.24. The van der Waals surface area contributed by atoms with Crippen LogP contribution >= 0.6 is 11.3 Å². The second kappa shape index (κ2) is 6.99. The van der Waals surface area contributed by atoms with E-state index in [1.54, 1.807) is 11.3 Å². The van der Waals surface area contributed by atoms with E-state index in [4.69, 9.17) is 9.47 Å². The highest BCUT2D eigenvalue weighted by atomic mass is 32.1. The molecule has 0 radical (unpaired) electrons. The largest absolute Gasteiger partial charge is 0.372 e. The van der Waals surface area contributed by atoms with E-state index in [1.807, 2.05) is 28.4 Å². The third kappa shape index (κ3) is 3.34. The maximum Gasteiger partial charge on any atom is 0.246 e. The van der Waals surface area contributed by atoms with Gasteiger partial charge in [-0.25, -0.2) is 4.68 Å². The van der Waals surface area contributed by atoms with E-state index in [2.05, 4.69) is 15.6 Å². The summed E-state index contributed by atoms with van der Waals surface area (Å²) in [6.45, 7) is 3.94. The third-order valence-electron chi connectivity index (χ3n) is 3.43. The third-order valence-corrected chi connectivity index (χ3v) is 4.11. The van der Waals surface area contributed by atoms with Gasteiger partial charge in [0.1, 0.15) is 12.3 Å². The second-order valence-electron chi connectivity index (χ2n) is 4.95. The molecule has 1 atom stereocenters. The molecule has 0 fully saturated rings. The van der Waals surface area contributed by atoms with Crippen LogP contribution in [0.5, 0.6) is 0 Å². The van der Waals surface area contributed by atoms with Gasteiger partial charge in [0.25, 0.3) is 0 Å². The number of hydrogen-bond donors (Lipinski definition) is 1. The van der Waals surface area contributed by atoms with Gasteiger partial charge in [0.2, 0.25) is 5.91 Å². The van der Waals surface area contributed by atoms with E-state index in [0.29, 0.717) is 26.3 Å². The van der Waals surface area contributed by atoms with Crippen molar-refractivity contribution in [3.05, 3.63) is 22.5 Å². The molecule has 2 aromatic rings. The average molecular weight is 322 g/mol. The van der Waals surface area contributed by atoms with Gasteiger partial charge in [-0.2, -0.15) is 11.3 Å². The molecule has 3 heterocycles. The average Bonchev–Trinajstić information content (AvgIpc) is 3.19. The zero-order valence-corrected chi connectivity index (χ0v) is 13.1. The van der Waals surface area contributed by atoms with Gasteiger partial charge >= 0.3 is 0 Å². The molecular formula is C14H18N4O3S. The molecule has 0 bridgehead atoms. The highest BCUT2D eigenvalue weighted by Crippen LogP contribution is 2.26. The summed E-state index contributed by atoms with van der Waals surface area (Å²) in [5, 5.41) is 15.3. The minimum Gasteiger partial charge on any atom is -0.372 e. The molecular weight excluding hydrogens is 304 g/mol. The molecule has 1 N–H and O–H groups in total. The fraction of sp³-hybridized carbons (Fsp3) is 0.500. The minimum absolute atomic E-state index is 0.0834. The van der Waals surface area contributed by atoms with Crippen LogP contribution in [0.15, 0.2) is 16.8 Å². The zero-order chi connectivity index (χ0) is 15.4. The molecule has 0 aliphatic carbocycles. The van der Waals surface area contributed by atoms with Crippen LogP contribution in [0.4, 0.5) is 0 Å². The van der Waals surface area contributed by atoms with Gasteiger partial charge < -0.3 is 14.8 Å². The normalized spacial score (nSPS) is 17.2. The summed E-state index contributed by atoms with van der Waals surface area (Å²) < 4.78 is 12.7. The number of carbonyl (C=O) groups is 1. The van der Waals surface area contributed by atoms with Crippen molar-refractivity contribution in [2.45, 2.75) is 26.2 Å². The summed E-state index contributed by atoms with van der Waals surface area (Å²) in [5.74, 6) is -0.131. The summed E-state index contributed by atoms with van der Waals surface area (Å²) in [6.07, 6.45) is -0.102. The van der Waals surface area contributed by atoms with Crippen molar-refractivity contribution in [3.63, 3.8) is 0 Å². The van der Waals surface area contributed by atoms with E-state index in [0.717, 1.165) is 17.0 Å². The molecule has 0 saturated carbocycles. The number of nitrogens with zero attached hydrogens (tertiary/aromatic N) is 3. The monoisotopic (exact) mass is 322 g/mol. The molecule has 1 aliphatic rings. The number of fused-ring (bicyclic) bond motifs is 1. The van der Waals surface area contributed by atoms with E-state index in [-0.39, 0.29) is 18.6 Å². The molecule has 0 unspecified atom stereocenters. The fourth-order valence-corrected chi connectivity index (χ4v) is 2.93. The number of carbonyl (C=O) groups excluding carboxylic acids is 1. The molecule has 8 heteroatoms. The molecule has 0 saturated heterocycles. The summed E-state index contributed by atoms with van der Waals surface area (Å²) in [6, 6.07) is 2.02. The Morgan fingerprint density at radius 1 is 1.64 bits per heavy atom. The number of rotatable bonds is 6. The lowest BCUT2D eigenvalue weighted by Gasteiger charge is -2.24. The topological polar surface area (TPSA) is 78.3 Å². The van der Waals surface area contributed by atoms with E-state index in [1.165, 1.54) is 0 Å². The van der Waals surface area contributed by atoms with Gasteiger partial charge in [-0.05, 0) is 18.4 Å². The number of thiophene rings is 1. The summed E-state index contributed by atoms with van der Waals surface area (Å²) in [5.41, 5.74) is 2.92. The Kier molecular flexibility index (Phi) is 4.81. The van der Waals surface area contributed by atoms with Gasteiger partial charge in [0.15, 0.2) is 0 Å². The molecule has 22 heavy (non-hydrogen) atoms. The van der Waals surface area contributed by atoms with Crippen molar-refractivity contribution < 1.29 is 14.3 Å². The molecule has 118 valence electrons. The van der Waals surface area contributed by atoms with Crippen molar-refractivity contribution in [1.82, 2.24) is 20.3 Å². The van der Waals surface area contributed by atoms with Crippen LogP contribution in [0.2, 0.25) is 0 Å². The predicted octanol–water partition coefficient (Wildman–Crippen LogP) is 1.06. The first kappa shape index (κ1) is 15.1. The minimum atomic E-state index is -0.131. The summed E-state index contributed by atoms with van der Waals surface area (Å²) >= 11 is 1.63. The predicted molar refractivity (Wildman–Crippen MR) is 81.4 cm³/mol. The SMILES string of the molecule is CCOCC(=O)NC[C@@H]1Cn2nnc(-c3ccsc3)c2CO1. The van der Waals surface area contributed by atoms with Crippen LogP contribution in [-0.4, -0.2) is 46.8 Å². The van der Waals surface area contributed by atoms with Gasteiger partial charge in [-0.15, -0.1) is 5.10 Å². The summed E-state index contributed by atoms with van der Waals surface area (Å²) in [7, 11) is 0. The first-order valence-electron chi connectivity index (χ1n) is 7.19. The number of ether oxygens (including phenoxy) is 2. The molecule has 1 aliphatic heterocycles. The van der Waals surface area contributed by atoms with Crippen molar-refractivity contribution in [2.75, 3.05) is 19.8 Å². The Bertz CT molecular complexity index is 626. The van der Waals surface area contributed by atoms with Crippen molar-refractivity contribution in [2.24, 2.45) is 0 Å². The standard InChI is InChI=1S/C14H18N4O3S/c1-2-20-8-13(19)15-5-11-6-18-12(7-21-11)14(16-17-18)10-3-4-22-9-10/h3-4,9,11H,2,5-8H2,1H3,(H,15,19)/t11-/m1/s1. The van der Waals surface area contributed by atoms with Gasteiger partial charge in [-0.3, -0.25) is 4.79 Å². The Hall–Kier alpha value is -1.77. The van der Waals surface area contributed by atoms with E-state index >= 15 is 0 Å². The van der Waals surface area contributed by atoms with Crippen LogP contribution in [-0.2, 0) is 27.4 Å². The lowest BCUT2D eigenvalue weighted by molar-refractivity contribution is -0.126. The smallest absolute Gasteiger partial charge is 0.246 e. The number of aromatic nitrogens is 3. The Labute approximate surface area is 132 Å². The molecule has 1 amide bonds. The lowest BCUT2D eigenvalue weighted by Crippen LogP contribution is -2.40. The first-order chi connectivity index (χ1) is 10.8. The maximum absolute atomic E-state index is 11.5. The summed E-state index contributed by atoms with van der Waals surface area (Å²) in [4.78, 5) is 11.5. The quantitative estimate of drug-likeness (QED) is 0.860. The number of nitrogens with one attached hydrogen (secondary N) is 1. The first-order valence-corrected chi connectivity index (χ1v) is 8.13. The van der Waals surface area contributed by atoms with Crippen molar-refractivity contribution in [3.8, 4) is 11.3 Å². The zero-order valence-electron chi connectivity index (χ0n) is 12.3. The maximum atomic E-state index is 11.5. The van der Waals surface area contributed by atoms with Crippen LogP contribution in [0, 0.1) is 0 Å². The number of amides is 1. The van der Waals surface area contributed by atoms with Crippen molar-refractivity contribution >= 4 is 17.2 Å². The highest BCUT2D eigenvalue weighted by molar-refractivity contribution is 7.08. The lowest BCUT2D eigenvalue weighted by atomic mass is 10.2. The van der Waals surface area contributed by atoms with Crippen molar-refractivity contribution in [1.29, 1.82) is 0 Å². The molecule has 0 aromatic carbocycles. The van der Waals surface area contributed by atoms with Crippen LogP contribution in [0.3, 0.4) is 0 Å². The fourth-order valence-electron chi connectivity index (χ4n) is 2.29. The van der Waals surface area contributed by atoms with Crippen LogP contribution in [0.25, 0.3) is 11.3 Å². The van der Waals surface area contributed by atoms with E-state index in [9.17, 15) is 4.79 Å². The van der Waals surface area contributed by atoms with Crippen LogP contribution < -0.4 is 5.32 Å².